The van der Waals surface area contributed by atoms with E-state index in [0.29, 0.717) is 15.7 Å². The molecule has 1 aliphatic heterocycles. The summed E-state index contributed by atoms with van der Waals surface area (Å²) in [6, 6.07) is 10.1. The summed E-state index contributed by atoms with van der Waals surface area (Å²) in [6.45, 7) is 1.64. The highest BCUT2D eigenvalue weighted by molar-refractivity contribution is 9.10. The van der Waals surface area contributed by atoms with Crippen molar-refractivity contribution in [1.29, 1.82) is 0 Å². The van der Waals surface area contributed by atoms with E-state index in [1.807, 2.05) is 12.1 Å². The molecule has 0 unspecified atom stereocenters. The van der Waals surface area contributed by atoms with Crippen LogP contribution in [0.4, 0.5) is 10.1 Å². The summed E-state index contributed by atoms with van der Waals surface area (Å²) in [4.78, 5) is 12.2. The predicted molar refractivity (Wildman–Crippen MR) is 79.0 cm³/mol. The number of carbonyl (C=O) groups excluding carboxylic acids is 1. The van der Waals surface area contributed by atoms with Gasteiger partial charge in [-0.1, -0.05) is 6.07 Å². The highest BCUT2D eigenvalue weighted by Crippen LogP contribution is 2.21. The molecule has 0 atom stereocenters. The molecule has 2 N–H and O–H groups in total. The minimum absolute atomic E-state index is 0.196. The van der Waals surface area contributed by atoms with E-state index in [1.54, 1.807) is 12.1 Å². The third-order valence-corrected chi connectivity index (χ3v) is 3.88. The second kappa shape index (κ2) is 5.34. The van der Waals surface area contributed by atoms with Gasteiger partial charge in [-0.3, -0.25) is 4.79 Å². The zero-order chi connectivity index (χ0) is 14.1. The maximum absolute atomic E-state index is 13.1. The Kier molecular flexibility index (Phi) is 3.54. The van der Waals surface area contributed by atoms with Crippen molar-refractivity contribution in [1.82, 2.24) is 5.32 Å². The molecule has 1 amide bonds. The molecule has 1 heterocycles. The number of fused-ring (bicyclic) bond motifs is 1. The first-order valence-electron chi connectivity index (χ1n) is 6.22. The molecule has 0 bridgehead atoms. The van der Waals surface area contributed by atoms with Crippen LogP contribution in [-0.4, -0.2) is 5.91 Å². The molecule has 0 saturated carbocycles. The molecule has 1 aliphatic rings. The fourth-order valence-corrected chi connectivity index (χ4v) is 2.59. The van der Waals surface area contributed by atoms with Crippen LogP contribution in [0.15, 0.2) is 40.9 Å². The number of halogens is 2. The highest BCUT2D eigenvalue weighted by Gasteiger charge is 2.13. The van der Waals surface area contributed by atoms with Crippen molar-refractivity contribution >= 4 is 27.5 Å². The first kappa shape index (κ1) is 13.3. The van der Waals surface area contributed by atoms with Crippen LogP contribution < -0.4 is 10.6 Å². The smallest absolute Gasteiger partial charge is 0.255 e. The first-order chi connectivity index (χ1) is 9.63. The van der Waals surface area contributed by atoms with Gasteiger partial charge < -0.3 is 10.6 Å². The quantitative estimate of drug-likeness (QED) is 0.883. The van der Waals surface area contributed by atoms with Gasteiger partial charge in [0.2, 0.25) is 0 Å². The number of anilines is 1. The molecule has 0 aromatic heterocycles. The van der Waals surface area contributed by atoms with Crippen LogP contribution in [0.1, 0.15) is 21.5 Å². The van der Waals surface area contributed by atoms with Gasteiger partial charge in [0.15, 0.2) is 0 Å². The van der Waals surface area contributed by atoms with Gasteiger partial charge in [0, 0.05) is 24.3 Å². The van der Waals surface area contributed by atoms with Crippen LogP contribution in [0.5, 0.6) is 0 Å². The van der Waals surface area contributed by atoms with Gasteiger partial charge in [0.1, 0.15) is 5.82 Å². The van der Waals surface area contributed by atoms with Crippen molar-refractivity contribution in [2.45, 2.75) is 13.1 Å². The Labute approximate surface area is 124 Å². The summed E-state index contributed by atoms with van der Waals surface area (Å²) in [5.41, 5.74) is 3.54. The molecular weight excluding hydrogens is 323 g/mol. The second-order valence-corrected chi connectivity index (χ2v) is 5.52. The molecule has 20 heavy (non-hydrogen) atoms. The zero-order valence-electron chi connectivity index (χ0n) is 10.5. The number of carbonyl (C=O) groups is 1. The molecule has 0 aliphatic carbocycles. The van der Waals surface area contributed by atoms with Gasteiger partial charge in [-0.25, -0.2) is 4.39 Å². The van der Waals surface area contributed by atoms with Gasteiger partial charge in [-0.2, -0.15) is 0 Å². The summed E-state index contributed by atoms with van der Waals surface area (Å²) in [6.07, 6.45) is 0. The lowest BCUT2D eigenvalue weighted by Gasteiger charge is -2.07. The fourth-order valence-electron chi connectivity index (χ4n) is 2.21. The fraction of sp³-hybridized carbons (Fsp3) is 0.133. The van der Waals surface area contributed by atoms with E-state index in [9.17, 15) is 9.18 Å². The maximum atomic E-state index is 13.1. The van der Waals surface area contributed by atoms with E-state index in [2.05, 4.69) is 26.6 Å². The van der Waals surface area contributed by atoms with E-state index < -0.39 is 0 Å². The molecular formula is C15H12BrFN2O. The number of benzene rings is 2. The average molecular weight is 335 g/mol. The highest BCUT2D eigenvalue weighted by atomic mass is 79.9. The van der Waals surface area contributed by atoms with Crippen LogP contribution in [0, 0.1) is 5.82 Å². The topological polar surface area (TPSA) is 41.1 Å². The van der Waals surface area contributed by atoms with E-state index in [1.165, 1.54) is 17.7 Å². The second-order valence-electron chi connectivity index (χ2n) is 4.67. The van der Waals surface area contributed by atoms with E-state index in [-0.39, 0.29) is 11.7 Å². The molecule has 2 aromatic carbocycles. The monoisotopic (exact) mass is 334 g/mol. The van der Waals surface area contributed by atoms with Gasteiger partial charge in [0.25, 0.3) is 5.91 Å². The third-order valence-electron chi connectivity index (χ3n) is 3.28. The van der Waals surface area contributed by atoms with Crippen LogP contribution in [0.25, 0.3) is 0 Å². The predicted octanol–water partition coefficient (Wildman–Crippen LogP) is 3.44. The Hall–Kier alpha value is -1.72. The van der Waals surface area contributed by atoms with E-state index in [0.717, 1.165) is 18.7 Å². The van der Waals surface area contributed by atoms with Gasteiger partial charge in [-0.05, 0) is 57.4 Å². The summed E-state index contributed by atoms with van der Waals surface area (Å²) >= 11 is 3.10. The first-order valence-corrected chi connectivity index (χ1v) is 7.02. The van der Waals surface area contributed by atoms with E-state index in [4.69, 9.17) is 0 Å². The summed E-state index contributed by atoms with van der Waals surface area (Å²) in [5, 5.41) is 6.00. The van der Waals surface area contributed by atoms with Crippen molar-refractivity contribution in [3.05, 3.63) is 63.4 Å². The summed E-state index contributed by atoms with van der Waals surface area (Å²) in [7, 11) is 0. The molecule has 0 fully saturated rings. The SMILES string of the molecule is O=C(Nc1ccc(F)c(Br)c1)c1ccc2c(c1)CNC2. The van der Waals surface area contributed by atoms with Crippen molar-refractivity contribution in [3.63, 3.8) is 0 Å². The van der Waals surface area contributed by atoms with Crippen LogP contribution >= 0.6 is 15.9 Å². The Morgan fingerprint density at radius 3 is 2.75 bits per heavy atom. The normalized spacial score (nSPS) is 13.1. The largest absolute Gasteiger partial charge is 0.322 e. The molecule has 0 saturated heterocycles. The third kappa shape index (κ3) is 2.59. The van der Waals surface area contributed by atoms with Gasteiger partial charge in [0.05, 0.1) is 4.47 Å². The van der Waals surface area contributed by atoms with Crippen molar-refractivity contribution in [2.75, 3.05) is 5.32 Å². The Bertz CT molecular complexity index is 688. The average Bonchev–Trinajstić information content (AvgIpc) is 2.90. The van der Waals surface area contributed by atoms with Gasteiger partial charge in [-0.15, -0.1) is 0 Å². The van der Waals surface area contributed by atoms with Crippen LogP contribution in [-0.2, 0) is 13.1 Å². The minimum atomic E-state index is -0.355. The lowest BCUT2D eigenvalue weighted by molar-refractivity contribution is 0.102. The molecule has 3 rings (SSSR count). The summed E-state index contributed by atoms with van der Waals surface area (Å²) < 4.78 is 13.5. The molecule has 102 valence electrons. The number of nitrogens with one attached hydrogen (secondary N) is 2. The van der Waals surface area contributed by atoms with Crippen molar-refractivity contribution in [2.24, 2.45) is 0 Å². The lowest BCUT2D eigenvalue weighted by atomic mass is 10.1. The minimum Gasteiger partial charge on any atom is -0.322 e. The molecule has 0 spiro atoms. The standard InChI is InChI=1S/C15H12BrFN2O/c16-13-6-12(3-4-14(13)17)19-15(20)9-1-2-10-7-18-8-11(10)5-9/h1-6,18H,7-8H2,(H,19,20). The van der Waals surface area contributed by atoms with Crippen molar-refractivity contribution in [3.8, 4) is 0 Å². The van der Waals surface area contributed by atoms with Crippen LogP contribution in [0.3, 0.4) is 0 Å². The molecule has 2 aromatic rings. The molecule has 0 radical (unpaired) electrons. The van der Waals surface area contributed by atoms with Gasteiger partial charge >= 0.3 is 0 Å². The number of amides is 1. The summed E-state index contributed by atoms with van der Waals surface area (Å²) in [5.74, 6) is -0.551. The molecule has 3 nitrogen and oxygen atoms in total. The zero-order valence-corrected chi connectivity index (χ0v) is 12.1. The number of hydrogen-bond acceptors (Lipinski definition) is 2. The molecule has 5 heteroatoms. The number of hydrogen-bond donors (Lipinski definition) is 2. The Balaban J connectivity index is 1.80. The van der Waals surface area contributed by atoms with Crippen molar-refractivity contribution < 1.29 is 9.18 Å². The number of rotatable bonds is 2. The Morgan fingerprint density at radius 2 is 1.95 bits per heavy atom. The lowest BCUT2D eigenvalue weighted by Crippen LogP contribution is -2.12. The van der Waals surface area contributed by atoms with Crippen LogP contribution in [0.2, 0.25) is 0 Å². The maximum Gasteiger partial charge on any atom is 0.255 e. The Morgan fingerprint density at radius 1 is 1.15 bits per heavy atom. The van der Waals surface area contributed by atoms with E-state index >= 15 is 0 Å².